The van der Waals surface area contributed by atoms with E-state index in [4.69, 9.17) is 0 Å². The van der Waals surface area contributed by atoms with Gasteiger partial charge >= 0.3 is 0 Å². The molecule has 0 spiro atoms. The highest BCUT2D eigenvalue weighted by Crippen LogP contribution is 2.26. The molecule has 1 saturated heterocycles. The fraction of sp³-hybridized carbons (Fsp3) is 0.625. The number of nitrogens with zero attached hydrogens (tertiary/aromatic N) is 1. The molecule has 1 aromatic carbocycles. The summed E-state index contributed by atoms with van der Waals surface area (Å²) in [5, 5.41) is 9.78. The van der Waals surface area contributed by atoms with Gasteiger partial charge in [0, 0.05) is 18.8 Å². The van der Waals surface area contributed by atoms with E-state index in [1.807, 2.05) is 6.92 Å². The van der Waals surface area contributed by atoms with Gasteiger partial charge in [0.05, 0.1) is 6.10 Å². The first-order valence-corrected chi connectivity index (χ1v) is 7.27. The van der Waals surface area contributed by atoms with Gasteiger partial charge in [-0.1, -0.05) is 32.4 Å². The van der Waals surface area contributed by atoms with Crippen LogP contribution < -0.4 is 4.90 Å². The van der Waals surface area contributed by atoms with Crippen LogP contribution in [0.3, 0.4) is 0 Å². The fourth-order valence-corrected chi connectivity index (χ4v) is 2.74. The van der Waals surface area contributed by atoms with Gasteiger partial charge in [0.1, 0.15) is 0 Å². The summed E-state index contributed by atoms with van der Waals surface area (Å²) in [6.07, 6.45) is 4.41. The summed E-state index contributed by atoms with van der Waals surface area (Å²) in [5.74, 6) is 0.919. The summed E-state index contributed by atoms with van der Waals surface area (Å²) in [4.78, 5) is 2.47. The highest BCUT2D eigenvalue weighted by molar-refractivity contribution is 5.48. The quantitative estimate of drug-likeness (QED) is 0.875. The van der Waals surface area contributed by atoms with Crippen molar-refractivity contribution in [3.8, 4) is 0 Å². The zero-order valence-corrected chi connectivity index (χ0v) is 11.6. The smallest absolute Gasteiger partial charge is 0.0787 e. The monoisotopic (exact) mass is 247 g/mol. The van der Waals surface area contributed by atoms with E-state index in [0.717, 1.165) is 17.9 Å². The lowest BCUT2D eigenvalue weighted by Gasteiger charge is -2.33. The van der Waals surface area contributed by atoms with E-state index in [2.05, 4.69) is 36.1 Å². The molecule has 0 aliphatic carbocycles. The lowest BCUT2D eigenvalue weighted by atomic mass is 9.94. The molecule has 2 heteroatoms. The zero-order valence-electron chi connectivity index (χ0n) is 11.6. The third kappa shape index (κ3) is 3.05. The summed E-state index contributed by atoms with van der Waals surface area (Å²) in [6.45, 7) is 6.65. The summed E-state index contributed by atoms with van der Waals surface area (Å²) in [7, 11) is 0. The number of rotatable bonds is 4. The van der Waals surface area contributed by atoms with Crippen molar-refractivity contribution in [2.24, 2.45) is 5.92 Å². The highest BCUT2D eigenvalue weighted by atomic mass is 16.3. The predicted octanol–water partition coefficient (Wildman–Crippen LogP) is 3.76. The molecule has 0 saturated carbocycles. The molecule has 0 bridgehead atoms. The molecule has 1 fully saturated rings. The minimum Gasteiger partial charge on any atom is -0.388 e. The minimum absolute atomic E-state index is 0.315. The van der Waals surface area contributed by atoms with Crippen LogP contribution in [0.2, 0.25) is 0 Å². The largest absolute Gasteiger partial charge is 0.388 e. The average Bonchev–Trinajstić information content (AvgIpc) is 2.47. The lowest BCUT2D eigenvalue weighted by Crippen LogP contribution is -2.33. The van der Waals surface area contributed by atoms with Crippen LogP contribution >= 0.6 is 0 Å². The molecule has 2 rings (SSSR count). The Balaban J connectivity index is 1.98. The second-order valence-corrected chi connectivity index (χ2v) is 5.35. The molecule has 0 radical (unpaired) electrons. The Morgan fingerprint density at radius 2 is 1.78 bits per heavy atom. The molecule has 1 N–H and O–H groups in total. The van der Waals surface area contributed by atoms with Gasteiger partial charge in [0.2, 0.25) is 0 Å². The van der Waals surface area contributed by atoms with E-state index in [9.17, 15) is 5.11 Å². The van der Waals surface area contributed by atoms with Gasteiger partial charge in [-0.2, -0.15) is 0 Å². The Labute approximate surface area is 111 Å². The van der Waals surface area contributed by atoms with Crippen LogP contribution in [-0.4, -0.2) is 18.2 Å². The maximum atomic E-state index is 9.78. The van der Waals surface area contributed by atoms with Crippen molar-refractivity contribution < 1.29 is 5.11 Å². The Morgan fingerprint density at radius 1 is 1.17 bits per heavy atom. The number of piperidine rings is 1. The van der Waals surface area contributed by atoms with Gasteiger partial charge in [-0.05, 0) is 42.9 Å². The number of benzene rings is 1. The van der Waals surface area contributed by atoms with Crippen LogP contribution in [0, 0.1) is 5.92 Å². The first kappa shape index (κ1) is 13.4. The normalized spacial score (nSPS) is 18.9. The molecular formula is C16H25NO. The summed E-state index contributed by atoms with van der Waals surface area (Å²) in [6, 6.07) is 8.44. The standard InChI is InChI=1S/C16H25NO/c1-3-13-9-11-17(12-10-13)15-7-5-14(6-8-15)16(18)4-2/h5-8,13,16,18H,3-4,9-12H2,1-2H3. The number of hydrogen-bond donors (Lipinski definition) is 1. The van der Waals surface area contributed by atoms with Crippen LogP contribution in [0.25, 0.3) is 0 Å². The topological polar surface area (TPSA) is 23.5 Å². The molecule has 1 atom stereocenters. The van der Waals surface area contributed by atoms with Crippen LogP contribution in [-0.2, 0) is 0 Å². The molecule has 1 heterocycles. The zero-order chi connectivity index (χ0) is 13.0. The van der Waals surface area contributed by atoms with Crippen LogP contribution in [0.15, 0.2) is 24.3 Å². The van der Waals surface area contributed by atoms with Gasteiger partial charge in [0.15, 0.2) is 0 Å². The number of aliphatic hydroxyl groups excluding tert-OH is 1. The van der Waals surface area contributed by atoms with E-state index >= 15 is 0 Å². The highest BCUT2D eigenvalue weighted by Gasteiger charge is 2.18. The number of hydrogen-bond acceptors (Lipinski definition) is 2. The minimum atomic E-state index is -0.315. The molecule has 1 aromatic rings. The van der Waals surface area contributed by atoms with E-state index in [1.165, 1.54) is 38.0 Å². The fourth-order valence-electron chi connectivity index (χ4n) is 2.74. The van der Waals surface area contributed by atoms with Crippen molar-refractivity contribution in [1.29, 1.82) is 0 Å². The van der Waals surface area contributed by atoms with Crippen molar-refractivity contribution in [3.63, 3.8) is 0 Å². The third-order valence-corrected chi connectivity index (χ3v) is 4.22. The van der Waals surface area contributed by atoms with Crippen LogP contribution in [0.1, 0.15) is 51.2 Å². The van der Waals surface area contributed by atoms with Crippen molar-refractivity contribution in [3.05, 3.63) is 29.8 Å². The molecule has 1 aliphatic heterocycles. The third-order valence-electron chi connectivity index (χ3n) is 4.22. The number of anilines is 1. The molecule has 1 aliphatic rings. The summed E-state index contributed by atoms with van der Waals surface area (Å²) < 4.78 is 0. The maximum Gasteiger partial charge on any atom is 0.0787 e. The van der Waals surface area contributed by atoms with Crippen molar-refractivity contribution in [2.45, 2.75) is 45.6 Å². The Morgan fingerprint density at radius 3 is 2.28 bits per heavy atom. The lowest BCUT2D eigenvalue weighted by molar-refractivity contribution is 0.173. The second kappa shape index (κ2) is 6.24. The SMILES string of the molecule is CCC1CCN(c2ccc(C(O)CC)cc2)CC1. The second-order valence-electron chi connectivity index (χ2n) is 5.35. The van der Waals surface area contributed by atoms with E-state index < -0.39 is 0 Å². The van der Waals surface area contributed by atoms with Gasteiger partial charge < -0.3 is 10.0 Å². The average molecular weight is 247 g/mol. The van der Waals surface area contributed by atoms with Gasteiger partial charge in [-0.3, -0.25) is 0 Å². The molecule has 0 amide bonds. The molecule has 0 aromatic heterocycles. The van der Waals surface area contributed by atoms with E-state index in [0.29, 0.717) is 0 Å². The van der Waals surface area contributed by atoms with Crippen LogP contribution in [0.4, 0.5) is 5.69 Å². The van der Waals surface area contributed by atoms with Gasteiger partial charge in [-0.25, -0.2) is 0 Å². The maximum absolute atomic E-state index is 9.78. The van der Waals surface area contributed by atoms with Crippen molar-refractivity contribution in [2.75, 3.05) is 18.0 Å². The van der Waals surface area contributed by atoms with E-state index in [-0.39, 0.29) is 6.10 Å². The van der Waals surface area contributed by atoms with Crippen molar-refractivity contribution in [1.82, 2.24) is 0 Å². The number of aliphatic hydroxyl groups is 1. The molecule has 2 nitrogen and oxygen atoms in total. The van der Waals surface area contributed by atoms with Crippen LogP contribution in [0.5, 0.6) is 0 Å². The first-order valence-electron chi connectivity index (χ1n) is 7.27. The summed E-state index contributed by atoms with van der Waals surface area (Å²) in [5.41, 5.74) is 2.33. The molecular weight excluding hydrogens is 222 g/mol. The first-order chi connectivity index (χ1) is 8.74. The van der Waals surface area contributed by atoms with E-state index in [1.54, 1.807) is 0 Å². The Bertz CT molecular complexity index is 352. The molecule has 1 unspecified atom stereocenters. The molecule has 100 valence electrons. The Hall–Kier alpha value is -1.02. The Kier molecular flexibility index (Phi) is 4.65. The summed E-state index contributed by atoms with van der Waals surface area (Å²) >= 11 is 0. The van der Waals surface area contributed by atoms with Crippen molar-refractivity contribution >= 4 is 5.69 Å². The molecule has 18 heavy (non-hydrogen) atoms. The van der Waals surface area contributed by atoms with Gasteiger partial charge in [-0.15, -0.1) is 0 Å². The van der Waals surface area contributed by atoms with Gasteiger partial charge in [0.25, 0.3) is 0 Å². The predicted molar refractivity (Wildman–Crippen MR) is 76.9 cm³/mol.